The van der Waals surface area contributed by atoms with Gasteiger partial charge in [0, 0.05) is 37.6 Å². The van der Waals surface area contributed by atoms with Crippen LogP contribution < -0.4 is 4.90 Å². The topological polar surface area (TPSA) is 49.3 Å². The molecule has 0 saturated carbocycles. The minimum atomic E-state index is -0.541. The normalized spacial score (nSPS) is 15.2. The lowest BCUT2D eigenvalue weighted by atomic mass is 9.94. The van der Waals surface area contributed by atoms with Crippen molar-refractivity contribution in [2.45, 2.75) is 13.8 Å². The molecule has 1 aliphatic rings. The van der Waals surface area contributed by atoms with Crippen LogP contribution in [0.4, 0.5) is 10.2 Å². The highest BCUT2D eigenvalue weighted by atomic mass is 35.5. The van der Waals surface area contributed by atoms with Crippen molar-refractivity contribution >= 4 is 23.3 Å². The fraction of sp³-hybridized carbons (Fsp3) is 0.421. The van der Waals surface area contributed by atoms with E-state index < -0.39 is 5.41 Å². The summed E-state index contributed by atoms with van der Waals surface area (Å²) < 4.78 is 13.0. The highest BCUT2D eigenvalue weighted by molar-refractivity contribution is 6.19. The Morgan fingerprint density at radius 1 is 1.08 bits per heavy atom. The number of anilines is 1. The second-order valence-electron chi connectivity index (χ2n) is 7.08. The van der Waals surface area contributed by atoms with Gasteiger partial charge >= 0.3 is 0 Å². The van der Waals surface area contributed by atoms with E-state index in [4.69, 9.17) is 11.6 Å². The first-order valence-corrected chi connectivity index (χ1v) is 9.14. The number of hydrogen-bond acceptors (Lipinski definition) is 4. The second-order valence-corrected chi connectivity index (χ2v) is 7.35. The molecule has 2 aromatic rings. The smallest absolute Gasteiger partial charge is 0.229 e. The molecule has 26 heavy (non-hydrogen) atoms. The Balaban J connectivity index is 1.63. The quantitative estimate of drug-likeness (QED) is 0.769. The van der Waals surface area contributed by atoms with E-state index >= 15 is 0 Å². The van der Waals surface area contributed by atoms with Gasteiger partial charge in [-0.05, 0) is 50.2 Å². The number of alkyl halides is 1. The van der Waals surface area contributed by atoms with Crippen molar-refractivity contribution in [2.24, 2.45) is 5.41 Å². The standard InChI is InChI=1S/C19H22ClFN4O/c1-19(2,13-20)18(26)25-11-9-24(10-12-25)17-8-7-16(22-23-17)14-3-5-15(21)6-4-14/h3-8H,9-13H2,1-2H3. The number of carbonyl (C=O) groups is 1. The number of benzene rings is 1. The van der Waals surface area contributed by atoms with Gasteiger partial charge in [-0.15, -0.1) is 21.8 Å². The van der Waals surface area contributed by atoms with Crippen LogP contribution in [0.1, 0.15) is 13.8 Å². The average Bonchev–Trinajstić information content (AvgIpc) is 2.68. The number of halogens is 2. The van der Waals surface area contributed by atoms with Crippen molar-refractivity contribution in [3.63, 3.8) is 0 Å². The lowest BCUT2D eigenvalue weighted by molar-refractivity contribution is -0.139. The minimum absolute atomic E-state index is 0.0879. The fourth-order valence-electron chi connectivity index (χ4n) is 2.89. The number of rotatable bonds is 4. The SMILES string of the molecule is CC(C)(CCl)C(=O)N1CCN(c2ccc(-c3ccc(F)cc3)nn2)CC1. The van der Waals surface area contributed by atoms with Crippen molar-refractivity contribution < 1.29 is 9.18 Å². The third-order valence-corrected chi connectivity index (χ3v) is 5.26. The van der Waals surface area contributed by atoms with Crippen molar-refractivity contribution in [2.75, 3.05) is 37.0 Å². The summed E-state index contributed by atoms with van der Waals surface area (Å²) in [7, 11) is 0. The molecule has 1 aromatic heterocycles. The summed E-state index contributed by atoms with van der Waals surface area (Å²) in [6.45, 7) is 6.42. The molecular weight excluding hydrogens is 355 g/mol. The van der Waals surface area contributed by atoms with E-state index in [-0.39, 0.29) is 11.7 Å². The van der Waals surface area contributed by atoms with Gasteiger partial charge in [0.15, 0.2) is 5.82 Å². The lowest BCUT2D eigenvalue weighted by Crippen LogP contribution is -2.52. The van der Waals surface area contributed by atoms with Crippen LogP contribution >= 0.6 is 11.6 Å². The van der Waals surface area contributed by atoms with Crippen LogP contribution in [0.5, 0.6) is 0 Å². The maximum atomic E-state index is 13.0. The zero-order valence-corrected chi connectivity index (χ0v) is 15.7. The number of hydrogen-bond donors (Lipinski definition) is 0. The Bertz CT molecular complexity index is 756. The van der Waals surface area contributed by atoms with Crippen LogP contribution in [0.2, 0.25) is 0 Å². The van der Waals surface area contributed by atoms with E-state index in [1.54, 1.807) is 12.1 Å². The van der Waals surface area contributed by atoms with Gasteiger partial charge in [0.1, 0.15) is 5.82 Å². The first kappa shape index (κ1) is 18.6. The summed E-state index contributed by atoms with van der Waals surface area (Å²) in [6.07, 6.45) is 0. The van der Waals surface area contributed by atoms with Gasteiger partial charge in [-0.2, -0.15) is 0 Å². The Labute approximate surface area is 157 Å². The van der Waals surface area contributed by atoms with E-state index in [1.165, 1.54) is 12.1 Å². The Morgan fingerprint density at radius 3 is 2.27 bits per heavy atom. The Morgan fingerprint density at radius 2 is 1.73 bits per heavy atom. The molecular formula is C19H22ClFN4O. The molecule has 1 aromatic carbocycles. The van der Waals surface area contributed by atoms with E-state index in [0.29, 0.717) is 37.8 Å². The first-order valence-electron chi connectivity index (χ1n) is 8.61. The molecule has 2 heterocycles. The predicted octanol–water partition coefficient (Wildman–Crippen LogP) is 3.20. The molecule has 0 unspecified atom stereocenters. The number of amides is 1. The maximum Gasteiger partial charge on any atom is 0.229 e. The summed E-state index contributed by atoms with van der Waals surface area (Å²) in [5.74, 6) is 0.898. The molecule has 0 spiro atoms. The zero-order chi connectivity index (χ0) is 18.7. The number of carbonyl (C=O) groups excluding carboxylic acids is 1. The molecule has 138 valence electrons. The number of nitrogens with zero attached hydrogens (tertiary/aromatic N) is 4. The molecule has 1 amide bonds. The van der Waals surface area contributed by atoms with Gasteiger partial charge in [0.05, 0.1) is 11.1 Å². The third kappa shape index (κ3) is 3.96. The first-order chi connectivity index (χ1) is 12.4. The number of aromatic nitrogens is 2. The van der Waals surface area contributed by atoms with E-state index in [2.05, 4.69) is 15.1 Å². The zero-order valence-electron chi connectivity index (χ0n) is 15.0. The molecule has 0 radical (unpaired) electrons. The van der Waals surface area contributed by atoms with Crippen LogP contribution in [0.15, 0.2) is 36.4 Å². The van der Waals surface area contributed by atoms with Crippen LogP contribution in [0.25, 0.3) is 11.3 Å². The van der Waals surface area contributed by atoms with Gasteiger partial charge in [-0.25, -0.2) is 4.39 Å². The Hall–Kier alpha value is -2.21. The summed E-state index contributed by atoms with van der Waals surface area (Å²) in [6, 6.07) is 9.96. The molecule has 7 heteroatoms. The largest absolute Gasteiger partial charge is 0.352 e. The van der Waals surface area contributed by atoms with Crippen LogP contribution in [-0.4, -0.2) is 53.1 Å². The van der Waals surface area contributed by atoms with Gasteiger partial charge in [-0.1, -0.05) is 0 Å². The van der Waals surface area contributed by atoms with E-state index in [9.17, 15) is 9.18 Å². The van der Waals surface area contributed by atoms with E-state index in [0.717, 1.165) is 11.4 Å². The third-order valence-electron chi connectivity index (χ3n) is 4.59. The van der Waals surface area contributed by atoms with Crippen molar-refractivity contribution in [3.8, 4) is 11.3 Å². The van der Waals surface area contributed by atoms with Crippen LogP contribution in [-0.2, 0) is 4.79 Å². The predicted molar refractivity (Wildman–Crippen MR) is 101 cm³/mol. The molecule has 0 N–H and O–H groups in total. The van der Waals surface area contributed by atoms with Gasteiger partial charge in [0.25, 0.3) is 0 Å². The van der Waals surface area contributed by atoms with Crippen molar-refractivity contribution in [1.82, 2.24) is 15.1 Å². The molecule has 1 aliphatic heterocycles. The highest BCUT2D eigenvalue weighted by Gasteiger charge is 2.33. The summed E-state index contributed by atoms with van der Waals surface area (Å²) in [4.78, 5) is 16.5. The van der Waals surface area contributed by atoms with Crippen molar-refractivity contribution in [3.05, 3.63) is 42.2 Å². The summed E-state index contributed by atoms with van der Waals surface area (Å²) in [5, 5.41) is 8.54. The molecule has 5 nitrogen and oxygen atoms in total. The maximum absolute atomic E-state index is 13.0. The van der Waals surface area contributed by atoms with Gasteiger partial charge < -0.3 is 9.80 Å². The Kier molecular flexibility index (Phi) is 5.41. The average molecular weight is 377 g/mol. The highest BCUT2D eigenvalue weighted by Crippen LogP contribution is 2.23. The molecule has 1 saturated heterocycles. The summed E-state index contributed by atoms with van der Waals surface area (Å²) >= 11 is 5.91. The molecule has 0 aliphatic carbocycles. The second kappa shape index (κ2) is 7.58. The summed E-state index contributed by atoms with van der Waals surface area (Å²) in [5.41, 5.74) is 0.982. The monoisotopic (exact) mass is 376 g/mol. The molecule has 0 atom stereocenters. The minimum Gasteiger partial charge on any atom is -0.352 e. The fourth-order valence-corrected chi connectivity index (χ4v) is 3.01. The van der Waals surface area contributed by atoms with Gasteiger partial charge in [0.2, 0.25) is 5.91 Å². The van der Waals surface area contributed by atoms with Crippen molar-refractivity contribution in [1.29, 1.82) is 0 Å². The van der Waals surface area contributed by atoms with Crippen LogP contribution in [0.3, 0.4) is 0 Å². The molecule has 1 fully saturated rings. The number of piperazine rings is 1. The molecule has 3 rings (SSSR count). The lowest BCUT2D eigenvalue weighted by Gasteiger charge is -2.38. The van der Waals surface area contributed by atoms with Gasteiger partial charge in [-0.3, -0.25) is 4.79 Å². The molecule has 0 bridgehead atoms. The van der Waals surface area contributed by atoms with E-state index in [1.807, 2.05) is 30.9 Å². The van der Waals surface area contributed by atoms with Crippen LogP contribution in [0, 0.1) is 11.2 Å².